The van der Waals surface area contributed by atoms with Crippen LogP contribution < -0.4 is 14.8 Å². The van der Waals surface area contributed by atoms with Crippen LogP contribution in [0.4, 0.5) is 4.39 Å². The predicted molar refractivity (Wildman–Crippen MR) is 137 cm³/mol. The maximum Gasteiger partial charge on any atom is 0.261 e. The van der Waals surface area contributed by atoms with Crippen molar-refractivity contribution >= 4 is 11.8 Å². The monoisotopic (exact) mass is 492 g/mol. The van der Waals surface area contributed by atoms with Gasteiger partial charge in [0.25, 0.3) is 5.91 Å². The molecule has 0 radical (unpaired) electrons. The van der Waals surface area contributed by atoms with Gasteiger partial charge in [0.2, 0.25) is 5.91 Å². The average Bonchev–Trinajstić information content (AvgIpc) is 2.90. The van der Waals surface area contributed by atoms with Crippen molar-refractivity contribution in [3.8, 4) is 11.5 Å². The number of hydrogen-bond donors (Lipinski definition) is 1. The molecule has 0 aliphatic heterocycles. The zero-order valence-electron chi connectivity index (χ0n) is 20.9. The van der Waals surface area contributed by atoms with E-state index >= 15 is 0 Å². The van der Waals surface area contributed by atoms with E-state index in [-0.39, 0.29) is 31.0 Å². The number of hydrogen-bond acceptors (Lipinski definition) is 4. The number of nitrogens with zero attached hydrogens (tertiary/aromatic N) is 1. The molecule has 0 heterocycles. The lowest BCUT2D eigenvalue weighted by Crippen LogP contribution is -2.53. The fourth-order valence-corrected chi connectivity index (χ4v) is 3.72. The second-order valence-corrected chi connectivity index (χ2v) is 8.64. The highest BCUT2D eigenvalue weighted by molar-refractivity contribution is 5.88. The van der Waals surface area contributed by atoms with Crippen LogP contribution in [0.25, 0.3) is 0 Å². The molecule has 3 rings (SSSR count). The number of ether oxygens (including phenoxy) is 2. The van der Waals surface area contributed by atoms with Crippen molar-refractivity contribution in [2.45, 2.75) is 45.3 Å². The van der Waals surface area contributed by atoms with Crippen LogP contribution in [0.15, 0.2) is 78.9 Å². The summed E-state index contributed by atoms with van der Waals surface area (Å²) in [5, 5.41) is 3.03. The Balaban J connectivity index is 1.92. The Labute approximate surface area is 212 Å². The van der Waals surface area contributed by atoms with E-state index in [1.165, 1.54) is 24.3 Å². The van der Waals surface area contributed by atoms with Crippen molar-refractivity contribution in [1.82, 2.24) is 10.2 Å². The van der Waals surface area contributed by atoms with Gasteiger partial charge < -0.3 is 19.7 Å². The van der Waals surface area contributed by atoms with E-state index in [2.05, 4.69) is 5.32 Å². The van der Waals surface area contributed by atoms with Gasteiger partial charge in [0.05, 0.1) is 7.11 Å². The lowest BCUT2D eigenvalue weighted by atomic mass is 10.0. The molecule has 0 fully saturated rings. The maximum absolute atomic E-state index is 13.5. The van der Waals surface area contributed by atoms with E-state index in [1.807, 2.05) is 68.4 Å². The molecule has 0 aromatic heterocycles. The molecule has 0 aliphatic carbocycles. The SMILES string of the molecule is CC[C@H](C)NC(=O)[C@@H](Cc1ccccc1)N(Cc1cccc(OC)c1)C(=O)COc1ccc(F)cc1. The first-order chi connectivity index (χ1) is 17.4. The number of methoxy groups -OCH3 is 1. The maximum atomic E-state index is 13.5. The van der Waals surface area contributed by atoms with Crippen LogP contribution in [-0.4, -0.2) is 42.5 Å². The summed E-state index contributed by atoms with van der Waals surface area (Å²) >= 11 is 0. The minimum atomic E-state index is -0.767. The van der Waals surface area contributed by atoms with Crippen LogP contribution in [0.3, 0.4) is 0 Å². The number of nitrogens with one attached hydrogen (secondary N) is 1. The molecule has 0 bridgehead atoms. The van der Waals surface area contributed by atoms with Crippen molar-refractivity contribution in [3.63, 3.8) is 0 Å². The molecule has 7 heteroatoms. The lowest BCUT2D eigenvalue weighted by molar-refractivity contribution is -0.143. The number of halogens is 1. The third kappa shape index (κ3) is 7.83. The van der Waals surface area contributed by atoms with Gasteiger partial charge in [-0.1, -0.05) is 49.4 Å². The standard InChI is InChI=1S/C29H33FN2O4/c1-4-21(2)31-29(34)27(18-22-9-6-5-7-10-22)32(19-23-11-8-12-26(17-23)35-3)28(33)20-36-25-15-13-24(30)14-16-25/h5-17,21,27H,4,18-20H2,1-3H3,(H,31,34)/t21-,27+/m0/s1. The van der Waals surface area contributed by atoms with Crippen LogP contribution in [0, 0.1) is 5.82 Å². The minimum absolute atomic E-state index is 0.0417. The van der Waals surface area contributed by atoms with E-state index in [1.54, 1.807) is 12.0 Å². The zero-order chi connectivity index (χ0) is 25.9. The number of rotatable bonds is 12. The molecule has 36 heavy (non-hydrogen) atoms. The molecule has 3 aromatic rings. The zero-order valence-corrected chi connectivity index (χ0v) is 20.9. The molecule has 0 unspecified atom stereocenters. The fourth-order valence-electron chi connectivity index (χ4n) is 3.72. The largest absolute Gasteiger partial charge is 0.497 e. The van der Waals surface area contributed by atoms with E-state index < -0.39 is 11.9 Å². The summed E-state index contributed by atoms with van der Waals surface area (Å²) in [4.78, 5) is 28.6. The van der Waals surface area contributed by atoms with Gasteiger partial charge in [-0.3, -0.25) is 9.59 Å². The molecule has 3 aromatic carbocycles. The van der Waals surface area contributed by atoms with Gasteiger partial charge >= 0.3 is 0 Å². The second-order valence-electron chi connectivity index (χ2n) is 8.64. The first kappa shape index (κ1) is 26.7. The van der Waals surface area contributed by atoms with Crippen LogP contribution in [0.1, 0.15) is 31.4 Å². The second kappa shape index (κ2) is 13.3. The molecule has 2 amide bonds. The van der Waals surface area contributed by atoms with Gasteiger partial charge in [0, 0.05) is 19.0 Å². The van der Waals surface area contributed by atoms with Crippen molar-refractivity contribution in [2.24, 2.45) is 0 Å². The summed E-state index contributed by atoms with van der Waals surface area (Å²) in [6, 6.07) is 21.7. The smallest absolute Gasteiger partial charge is 0.261 e. The van der Waals surface area contributed by atoms with Crippen molar-refractivity contribution in [2.75, 3.05) is 13.7 Å². The quantitative estimate of drug-likeness (QED) is 0.396. The third-order valence-corrected chi connectivity index (χ3v) is 5.94. The van der Waals surface area contributed by atoms with Gasteiger partial charge in [-0.05, 0) is 60.9 Å². The summed E-state index contributed by atoms with van der Waals surface area (Å²) in [5.74, 6) is 0.0486. The highest BCUT2D eigenvalue weighted by atomic mass is 19.1. The summed E-state index contributed by atoms with van der Waals surface area (Å²) in [6.45, 7) is 3.82. The molecule has 6 nitrogen and oxygen atoms in total. The van der Waals surface area contributed by atoms with E-state index in [0.29, 0.717) is 17.9 Å². The Bertz CT molecular complexity index is 1120. The van der Waals surface area contributed by atoms with Gasteiger partial charge in [-0.2, -0.15) is 0 Å². The Kier molecular flexibility index (Phi) is 9.86. The van der Waals surface area contributed by atoms with Crippen molar-refractivity contribution in [1.29, 1.82) is 0 Å². The summed E-state index contributed by atoms with van der Waals surface area (Å²) in [5.41, 5.74) is 1.75. The molecule has 1 N–H and O–H groups in total. The molecule has 0 aliphatic rings. The fraction of sp³-hybridized carbons (Fsp3) is 0.310. The van der Waals surface area contributed by atoms with E-state index in [9.17, 15) is 14.0 Å². The van der Waals surface area contributed by atoms with E-state index in [0.717, 1.165) is 17.5 Å². The average molecular weight is 493 g/mol. The van der Waals surface area contributed by atoms with Gasteiger partial charge in [-0.15, -0.1) is 0 Å². The minimum Gasteiger partial charge on any atom is -0.497 e. The molecule has 190 valence electrons. The normalized spacial score (nSPS) is 12.3. The molecular weight excluding hydrogens is 459 g/mol. The number of amides is 2. The summed E-state index contributed by atoms with van der Waals surface area (Å²) < 4.78 is 24.3. The van der Waals surface area contributed by atoms with Crippen LogP contribution in [0.2, 0.25) is 0 Å². The molecule has 2 atom stereocenters. The third-order valence-electron chi connectivity index (χ3n) is 5.94. The highest BCUT2D eigenvalue weighted by Gasteiger charge is 2.31. The van der Waals surface area contributed by atoms with Gasteiger partial charge in [0.15, 0.2) is 6.61 Å². The van der Waals surface area contributed by atoms with Gasteiger partial charge in [0.1, 0.15) is 23.4 Å². The lowest BCUT2D eigenvalue weighted by Gasteiger charge is -2.32. The predicted octanol–water partition coefficient (Wildman–Crippen LogP) is 4.77. The molecular formula is C29H33FN2O4. The number of carbonyl (C=O) groups is 2. The Morgan fingerprint density at radius 2 is 1.64 bits per heavy atom. The van der Waals surface area contributed by atoms with Crippen molar-refractivity contribution in [3.05, 3.63) is 95.8 Å². The van der Waals surface area contributed by atoms with Crippen LogP contribution >= 0.6 is 0 Å². The van der Waals surface area contributed by atoms with Gasteiger partial charge in [-0.25, -0.2) is 4.39 Å². The molecule has 0 saturated carbocycles. The number of benzene rings is 3. The Morgan fingerprint density at radius 3 is 2.31 bits per heavy atom. The summed E-state index contributed by atoms with van der Waals surface area (Å²) in [7, 11) is 1.58. The molecule has 0 saturated heterocycles. The van der Waals surface area contributed by atoms with E-state index in [4.69, 9.17) is 9.47 Å². The Morgan fingerprint density at radius 1 is 0.944 bits per heavy atom. The number of carbonyl (C=O) groups excluding carboxylic acids is 2. The first-order valence-electron chi connectivity index (χ1n) is 12.0. The van der Waals surface area contributed by atoms with Crippen LogP contribution in [0.5, 0.6) is 11.5 Å². The molecule has 0 spiro atoms. The topological polar surface area (TPSA) is 67.9 Å². The van der Waals surface area contributed by atoms with Crippen LogP contribution in [-0.2, 0) is 22.6 Å². The summed E-state index contributed by atoms with van der Waals surface area (Å²) in [6.07, 6.45) is 1.11. The highest BCUT2D eigenvalue weighted by Crippen LogP contribution is 2.19. The van der Waals surface area contributed by atoms with Crippen molar-refractivity contribution < 1.29 is 23.5 Å². The Hall–Kier alpha value is -3.87. The first-order valence-corrected chi connectivity index (χ1v) is 12.0.